The molecule has 3 rings (SSSR count). The maximum Gasteiger partial charge on any atom is 0.258 e. The van der Waals surface area contributed by atoms with Gasteiger partial charge in [0.05, 0.1) is 28.8 Å². The summed E-state index contributed by atoms with van der Waals surface area (Å²) in [7, 11) is 0. The first-order valence-corrected chi connectivity index (χ1v) is 8.11. The van der Waals surface area contributed by atoms with E-state index in [2.05, 4.69) is 15.3 Å². The fourth-order valence-corrected chi connectivity index (χ4v) is 3.11. The fourth-order valence-electron chi connectivity index (χ4n) is 2.32. The lowest BCUT2D eigenvalue weighted by atomic mass is 10.2. The summed E-state index contributed by atoms with van der Waals surface area (Å²) in [6.45, 7) is 3.04. The first-order chi connectivity index (χ1) is 11.2. The van der Waals surface area contributed by atoms with Crippen LogP contribution >= 0.6 is 11.3 Å². The molecule has 0 aliphatic rings. The number of hydrogen-bond acceptors (Lipinski definition) is 5. The third kappa shape index (κ3) is 3.40. The summed E-state index contributed by atoms with van der Waals surface area (Å²) in [6.07, 6.45) is 1.35. The number of benzene rings is 1. The normalized spacial score (nSPS) is 10.7. The molecule has 0 saturated carbocycles. The SMILES string of the molecule is CCN(CC(=O)Nc1ccc2c(=O)[nH]cnc2c1)c1cccs1. The molecule has 0 aliphatic carbocycles. The number of hydrogen-bond donors (Lipinski definition) is 2. The smallest absolute Gasteiger partial charge is 0.258 e. The van der Waals surface area contributed by atoms with Crippen LogP contribution in [0.4, 0.5) is 10.7 Å². The van der Waals surface area contributed by atoms with Crippen molar-refractivity contribution in [1.29, 1.82) is 0 Å². The van der Waals surface area contributed by atoms with Gasteiger partial charge in [0.25, 0.3) is 5.56 Å². The van der Waals surface area contributed by atoms with Crippen LogP contribution in [-0.4, -0.2) is 29.0 Å². The van der Waals surface area contributed by atoms with E-state index in [0.717, 1.165) is 11.5 Å². The molecule has 0 atom stereocenters. The lowest BCUT2D eigenvalue weighted by molar-refractivity contribution is -0.115. The molecule has 0 radical (unpaired) electrons. The minimum Gasteiger partial charge on any atom is -0.354 e. The molecule has 6 nitrogen and oxygen atoms in total. The van der Waals surface area contributed by atoms with Gasteiger partial charge in [-0.15, -0.1) is 11.3 Å². The number of carbonyl (C=O) groups excluding carboxylic acids is 1. The van der Waals surface area contributed by atoms with E-state index >= 15 is 0 Å². The Morgan fingerprint density at radius 3 is 3.00 bits per heavy atom. The first-order valence-electron chi connectivity index (χ1n) is 7.23. The number of likely N-dealkylation sites (N-methyl/N-ethyl adjacent to an activating group) is 1. The zero-order valence-electron chi connectivity index (χ0n) is 12.6. The predicted octanol–water partition coefficient (Wildman–Crippen LogP) is 2.45. The number of aromatic amines is 1. The number of aromatic nitrogens is 2. The monoisotopic (exact) mass is 328 g/mol. The minimum atomic E-state index is -0.192. The van der Waals surface area contributed by atoms with Crippen molar-refractivity contribution in [1.82, 2.24) is 9.97 Å². The van der Waals surface area contributed by atoms with Gasteiger partial charge in [-0.1, -0.05) is 0 Å². The Balaban J connectivity index is 1.74. The molecular formula is C16H16N4O2S. The van der Waals surface area contributed by atoms with Crippen molar-refractivity contribution in [3.63, 3.8) is 0 Å². The predicted molar refractivity (Wildman–Crippen MR) is 93.2 cm³/mol. The van der Waals surface area contributed by atoms with Crippen molar-refractivity contribution in [3.8, 4) is 0 Å². The molecule has 23 heavy (non-hydrogen) atoms. The number of rotatable bonds is 5. The van der Waals surface area contributed by atoms with Gasteiger partial charge in [-0.05, 0) is 42.6 Å². The van der Waals surface area contributed by atoms with E-state index in [1.165, 1.54) is 6.33 Å². The Morgan fingerprint density at radius 1 is 1.39 bits per heavy atom. The summed E-state index contributed by atoms with van der Waals surface area (Å²) in [5.74, 6) is -0.107. The molecule has 0 aliphatic heterocycles. The number of anilines is 2. The topological polar surface area (TPSA) is 78.1 Å². The maximum atomic E-state index is 12.2. The Labute approximate surface area is 136 Å². The van der Waals surface area contributed by atoms with Crippen molar-refractivity contribution in [2.24, 2.45) is 0 Å². The quantitative estimate of drug-likeness (QED) is 0.754. The van der Waals surface area contributed by atoms with E-state index in [1.807, 2.05) is 29.3 Å². The van der Waals surface area contributed by atoms with Crippen LogP contribution in [0.3, 0.4) is 0 Å². The molecule has 2 aromatic heterocycles. The highest BCUT2D eigenvalue weighted by Crippen LogP contribution is 2.21. The number of nitrogens with one attached hydrogen (secondary N) is 2. The van der Waals surface area contributed by atoms with E-state index in [0.29, 0.717) is 16.6 Å². The molecule has 7 heteroatoms. The van der Waals surface area contributed by atoms with Crippen LogP contribution < -0.4 is 15.8 Å². The van der Waals surface area contributed by atoms with E-state index < -0.39 is 0 Å². The van der Waals surface area contributed by atoms with E-state index in [-0.39, 0.29) is 18.0 Å². The van der Waals surface area contributed by atoms with E-state index in [1.54, 1.807) is 29.5 Å². The number of fused-ring (bicyclic) bond motifs is 1. The maximum absolute atomic E-state index is 12.2. The lowest BCUT2D eigenvalue weighted by Crippen LogP contribution is -2.32. The molecule has 2 N–H and O–H groups in total. The van der Waals surface area contributed by atoms with Gasteiger partial charge < -0.3 is 15.2 Å². The summed E-state index contributed by atoms with van der Waals surface area (Å²) in [5.41, 5.74) is 0.989. The molecule has 0 spiro atoms. The van der Waals surface area contributed by atoms with Gasteiger partial charge >= 0.3 is 0 Å². The summed E-state index contributed by atoms with van der Waals surface area (Å²) < 4.78 is 0. The van der Waals surface area contributed by atoms with Gasteiger partial charge in [0.15, 0.2) is 0 Å². The van der Waals surface area contributed by atoms with Crippen molar-refractivity contribution in [2.45, 2.75) is 6.92 Å². The molecule has 0 bridgehead atoms. The Morgan fingerprint density at radius 2 is 2.26 bits per heavy atom. The van der Waals surface area contributed by atoms with Crippen molar-refractivity contribution in [2.75, 3.05) is 23.3 Å². The standard InChI is InChI=1S/C16H16N4O2S/c1-2-20(15-4-3-7-23-15)9-14(21)19-11-5-6-12-13(8-11)17-10-18-16(12)22/h3-8,10H,2,9H2,1H3,(H,19,21)(H,17,18,22). The van der Waals surface area contributed by atoms with Crippen molar-refractivity contribution < 1.29 is 4.79 Å². The van der Waals surface area contributed by atoms with E-state index in [4.69, 9.17) is 0 Å². The van der Waals surface area contributed by atoms with Crippen LogP contribution in [0.25, 0.3) is 10.9 Å². The molecule has 118 valence electrons. The van der Waals surface area contributed by atoms with Gasteiger partial charge in [0, 0.05) is 12.2 Å². The van der Waals surface area contributed by atoms with Gasteiger partial charge in [-0.2, -0.15) is 0 Å². The molecular weight excluding hydrogens is 312 g/mol. The van der Waals surface area contributed by atoms with Crippen LogP contribution in [0.1, 0.15) is 6.92 Å². The summed E-state index contributed by atoms with van der Waals surface area (Å²) in [4.78, 5) is 32.5. The van der Waals surface area contributed by atoms with Crippen LogP contribution in [0.5, 0.6) is 0 Å². The minimum absolute atomic E-state index is 0.107. The number of amides is 1. The molecule has 1 aromatic carbocycles. The average molecular weight is 328 g/mol. The summed E-state index contributed by atoms with van der Waals surface area (Å²) >= 11 is 1.61. The summed E-state index contributed by atoms with van der Waals surface area (Å²) in [5, 5.41) is 6.40. The second kappa shape index (κ2) is 6.62. The highest BCUT2D eigenvalue weighted by Gasteiger charge is 2.11. The largest absolute Gasteiger partial charge is 0.354 e. The van der Waals surface area contributed by atoms with Gasteiger partial charge in [-0.3, -0.25) is 9.59 Å². The molecule has 3 aromatic rings. The van der Waals surface area contributed by atoms with Crippen LogP contribution in [0, 0.1) is 0 Å². The number of nitrogens with zero attached hydrogens (tertiary/aromatic N) is 2. The highest BCUT2D eigenvalue weighted by molar-refractivity contribution is 7.14. The van der Waals surface area contributed by atoms with Gasteiger partial charge in [0.1, 0.15) is 0 Å². The number of carbonyl (C=O) groups is 1. The van der Waals surface area contributed by atoms with Gasteiger partial charge in [0.2, 0.25) is 5.91 Å². The first kappa shape index (κ1) is 15.2. The van der Waals surface area contributed by atoms with Crippen LogP contribution in [0.15, 0.2) is 46.8 Å². The Hall–Kier alpha value is -2.67. The third-order valence-corrected chi connectivity index (χ3v) is 4.39. The van der Waals surface area contributed by atoms with Gasteiger partial charge in [-0.25, -0.2) is 4.98 Å². The number of thiophene rings is 1. The zero-order chi connectivity index (χ0) is 16.2. The van der Waals surface area contributed by atoms with Crippen molar-refractivity contribution in [3.05, 3.63) is 52.4 Å². The van der Waals surface area contributed by atoms with E-state index in [9.17, 15) is 9.59 Å². The second-order valence-electron chi connectivity index (χ2n) is 4.98. The molecule has 2 heterocycles. The number of H-pyrrole nitrogens is 1. The Bertz CT molecular complexity index is 873. The molecule has 0 unspecified atom stereocenters. The third-order valence-electron chi connectivity index (χ3n) is 3.46. The second-order valence-corrected chi connectivity index (χ2v) is 5.90. The average Bonchev–Trinajstić information content (AvgIpc) is 3.07. The molecule has 0 fully saturated rings. The van der Waals surface area contributed by atoms with Crippen LogP contribution in [-0.2, 0) is 4.79 Å². The Kier molecular flexibility index (Phi) is 4.38. The molecule has 1 amide bonds. The summed E-state index contributed by atoms with van der Waals surface area (Å²) in [6, 6.07) is 9.02. The van der Waals surface area contributed by atoms with Crippen LogP contribution in [0.2, 0.25) is 0 Å². The van der Waals surface area contributed by atoms with Crippen molar-refractivity contribution >= 4 is 38.8 Å². The highest BCUT2D eigenvalue weighted by atomic mass is 32.1. The fraction of sp³-hybridized carbons (Fsp3) is 0.188. The molecule has 0 saturated heterocycles. The lowest BCUT2D eigenvalue weighted by Gasteiger charge is -2.20. The zero-order valence-corrected chi connectivity index (χ0v) is 13.4.